The van der Waals surface area contributed by atoms with E-state index in [1.54, 1.807) is 12.1 Å². The molecule has 2 N–H and O–H groups in total. The molecule has 5 heteroatoms. The molecule has 0 aliphatic rings. The number of anilines is 2. The summed E-state index contributed by atoms with van der Waals surface area (Å²) in [7, 11) is 1.91. The number of nitrogens with two attached hydrogens (primary N) is 1. The van der Waals surface area contributed by atoms with Crippen LogP contribution in [0.4, 0.5) is 15.8 Å². The second kappa shape index (κ2) is 5.67. The molecule has 0 atom stereocenters. The molecule has 0 heterocycles. The van der Waals surface area contributed by atoms with Gasteiger partial charge in [0.15, 0.2) is 0 Å². The van der Waals surface area contributed by atoms with Crippen LogP contribution < -0.4 is 10.6 Å². The number of rotatable bonds is 3. The predicted molar refractivity (Wildman–Crippen MR) is 84.5 cm³/mol. The average molecular weight is 339 g/mol. The van der Waals surface area contributed by atoms with Crippen molar-refractivity contribution in [2.45, 2.75) is 0 Å². The predicted octanol–water partition coefficient (Wildman–Crippen LogP) is 3.99. The third-order valence-corrected chi connectivity index (χ3v) is 3.70. The first-order valence-electron chi connectivity index (χ1n) is 5.57. The van der Waals surface area contributed by atoms with Gasteiger partial charge in [0.05, 0.1) is 0 Å². The van der Waals surface area contributed by atoms with Crippen molar-refractivity contribution < 1.29 is 4.39 Å². The van der Waals surface area contributed by atoms with Crippen molar-refractivity contribution in [1.29, 1.82) is 0 Å². The van der Waals surface area contributed by atoms with Crippen molar-refractivity contribution in [3.63, 3.8) is 0 Å². The number of hydrogen-bond acceptors (Lipinski definition) is 2. The van der Waals surface area contributed by atoms with Crippen LogP contribution in [0.5, 0.6) is 0 Å². The Morgan fingerprint density at radius 2 is 1.74 bits per heavy atom. The molecular formula is C14H12BrFN2S. The maximum atomic E-state index is 12.9. The van der Waals surface area contributed by atoms with Gasteiger partial charge in [-0.15, -0.1) is 0 Å². The molecule has 0 saturated heterocycles. The second-order valence-corrected chi connectivity index (χ2v) is 5.36. The minimum atomic E-state index is -0.248. The molecule has 19 heavy (non-hydrogen) atoms. The molecule has 2 rings (SSSR count). The van der Waals surface area contributed by atoms with Crippen molar-refractivity contribution >= 4 is 44.5 Å². The van der Waals surface area contributed by atoms with Gasteiger partial charge in [-0.1, -0.05) is 12.2 Å². The molecule has 2 aromatic rings. The molecule has 2 nitrogen and oxygen atoms in total. The standard InChI is InChI=1S/C14H12BrFN2S/c1-18(10-4-2-9(16)3-5-10)11-6-7-12(14(17)19)13(15)8-11/h2-8H,1H3,(H2,17,19). The van der Waals surface area contributed by atoms with Gasteiger partial charge >= 0.3 is 0 Å². The fourth-order valence-electron chi connectivity index (χ4n) is 1.73. The van der Waals surface area contributed by atoms with Gasteiger partial charge in [0.1, 0.15) is 10.8 Å². The summed E-state index contributed by atoms with van der Waals surface area (Å²) < 4.78 is 13.7. The summed E-state index contributed by atoms with van der Waals surface area (Å²) in [6.07, 6.45) is 0. The molecule has 98 valence electrons. The third kappa shape index (κ3) is 3.11. The zero-order valence-corrected chi connectivity index (χ0v) is 12.6. The molecule has 0 spiro atoms. The van der Waals surface area contributed by atoms with Crippen LogP contribution in [0.2, 0.25) is 0 Å². The van der Waals surface area contributed by atoms with Gasteiger partial charge in [0.25, 0.3) is 0 Å². The van der Waals surface area contributed by atoms with Crippen LogP contribution in [0.25, 0.3) is 0 Å². The molecule has 0 unspecified atom stereocenters. The molecule has 0 aliphatic carbocycles. The maximum Gasteiger partial charge on any atom is 0.123 e. The fraction of sp³-hybridized carbons (Fsp3) is 0.0714. The third-order valence-electron chi connectivity index (χ3n) is 2.82. The van der Waals surface area contributed by atoms with E-state index in [2.05, 4.69) is 15.9 Å². The number of halogens is 2. The molecule has 0 aliphatic heterocycles. The molecule has 0 fully saturated rings. The van der Waals surface area contributed by atoms with Crippen molar-refractivity contribution in [3.8, 4) is 0 Å². The first-order valence-corrected chi connectivity index (χ1v) is 6.78. The van der Waals surface area contributed by atoms with Gasteiger partial charge in [0, 0.05) is 28.5 Å². The summed E-state index contributed by atoms with van der Waals surface area (Å²) in [6, 6.07) is 12.0. The van der Waals surface area contributed by atoms with Crippen LogP contribution in [0.15, 0.2) is 46.9 Å². The minimum absolute atomic E-state index is 0.248. The first-order chi connectivity index (χ1) is 8.99. The highest BCUT2D eigenvalue weighted by Crippen LogP contribution is 2.28. The number of thiocarbonyl (C=S) groups is 1. The Labute approximate surface area is 125 Å². The lowest BCUT2D eigenvalue weighted by Gasteiger charge is -2.20. The van der Waals surface area contributed by atoms with Gasteiger partial charge < -0.3 is 10.6 Å². The number of benzene rings is 2. The molecule has 0 radical (unpaired) electrons. The van der Waals surface area contributed by atoms with Crippen LogP contribution in [-0.2, 0) is 0 Å². The van der Waals surface area contributed by atoms with Crippen molar-refractivity contribution in [3.05, 3.63) is 58.3 Å². The monoisotopic (exact) mass is 338 g/mol. The van der Waals surface area contributed by atoms with E-state index in [1.165, 1.54) is 12.1 Å². The molecular weight excluding hydrogens is 327 g/mol. The van der Waals surface area contributed by atoms with E-state index in [-0.39, 0.29) is 5.82 Å². The summed E-state index contributed by atoms with van der Waals surface area (Å²) in [5.74, 6) is -0.248. The zero-order chi connectivity index (χ0) is 14.0. The van der Waals surface area contributed by atoms with Gasteiger partial charge in [-0.05, 0) is 58.4 Å². The van der Waals surface area contributed by atoms with Crippen molar-refractivity contribution in [1.82, 2.24) is 0 Å². The molecule has 2 aromatic carbocycles. The van der Waals surface area contributed by atoms with Crippen molar-refractivity contribution in [2.24, 2.45) is 5.73 Å². The first kappa shape index (κ1) is 14.0. The Morgan fingerprint density at radius 1 is 1.16 bits per heavy atom. The summed E-state index contributed by atoms with van der Waals surface area (Å²) in [5.41, 5.74) is 8.27. The van der Waals surface area contributed by atoms with Gasteiger partial charge in [-0.3, -0.25) is 0 Å². The summed E-state index contributed by atoms with van der Waals surface area (Å²) in [4.78, 5) is 2.30. The molecule has 0 saturated carbocycles. The fourth-order valence-corrected chi connectivity index (χ4v) is 2.62. The lowest BCUT2D eigenvalue weighted by Crippen LogP contribution is -2.12. The minimum Gasteiger partial charge on any atom is -0.389 e. The van der Waals surface area contributed by atoms with Crippen LogP contribution in [0.3, 0.4) is 0 Å². The lowest BCUT2D eigenvalue weighted by molar-refractivity contribution is 0.628. The van der Waals surface area contributed by atoms with Crippen LogP contribution >= 0.6 is 28.1 Å². The Balaban J connectivity index is 2.34. The van der Waals surface area contributed by atoms with E-state index in [9.17, 15) is 4.39 Å². The quantitative estimate of drug-likeness (QED) is 0.858. The maximum absolute atomic E-state index is 12.9. The highest BCUT2D eigenvalue weighted by molar-refractivity contribution is 9.10. The van der Waals surface area contributed by atoms with Crippen LogP contribution in [0, 0.1) is 5.82 Å². The topological polar surface area (TPSA) is 29.3 Å². The van der Waals surface area contributed by atoms with E-state index in [1.807, 2.05) is 30.1 Å². The van der Waals surface area contributed by atoms with Crippen LogP contribution in [0.1, 0.15) is 5.56 Å². The SMILES string of the molecule is CN(c1ccc(F)cc1)c1ccc(C(N)=S)c(Br)c1. The largest absolute Gasteiger partial charge is 0.389 e. The number of nitrogens with zero attached hydrogens (tertiary/aromatic N) is 1. The Morgan fingerprint density at radius 3 is 2.26 bits per heavy atom. The molecule has 0 amide bonds. The summed E-state index contributed by atoms with van der Waals surface area (Å²) >= 11 is 8.40. The van der Waals surface area contributed by atoms with Crippen molar-refractivity contribution in [2.75, 3.05) is 11.9 Å². The highest BCUT2D eigenvalue weighted by Gasteiger charge is 2.08. The smallest absolute Gasteiger partial charge is 0.123 e. The zero-order valence-electron chi connectivity index (χ0n) is 10.2. The van der Waals surface area contributed by atoms with Gasteiger partial charge in [0.2, 0.25) is 0 Å². The van der Waals surface area contributed by atoms with E-state index in [4.69, 9.17) is 18.0 Å². The normalized spacial score (nSPS) is 10.3. The number of hydrogen-bond donors (Lipinski definition) is 1. The van der Waals surface area contributed by atoms with Gasteiger partial charge in [-0.2, -0.15) is 0 Å². The summed E-state index contributed by atoms with van der Waals surface area (Å²) in [5, 5.41) is 0. The Bertz CT molecular complexity index is 613. The Hall–Kier alpha value is -1.46. The van der Waals surface area contributed by atoms with Gasteiger partial charge in [-0.25, -0.2) is 4.39 Å². The molecule has 0 bridgehead atoms. The van der Waals surface area contributed by atoms with Crippen LogP contribution in [-0.4, -0.2) is 12.0 Å². The average Bonchev–Trinajstić information content (AvgIpc) is 2.38. The van der Waals surface area contributed by atoms with E-state index in [0.29, 0.717) is 4.99 Å². The molecule has 0 aromatic heterocycles. The summed E-state index contributed by atoms with van der Waals surface area (Å²) in [6.45, 7) is 0. The van der Waals surface area contributed by atoms with E-state index in [0.717, 1.165) is 21.4 Å². The second-order valence-electron chi connectivity index (χ2n) is 4.06. The Kier molecular flexibility index (Phi) is 4.17. The van der Waals surface area contributed by atoms with E-state index < -0.39 is 0 Å². The highest BCUT2D eigenvalue weighted by atomic mass is 79.9. The lowest BCUT2D eigenvalue weighted by atomic mass is 10.2. The van der Waals surface area contributed by atoms with E-state index >= 15 is 0 Å².